The highest BCUT2D eigenvalue weighted by atomic mass is 16.5. The van der Waals surface area contributed by atoms with Gasteiger partial charge in [0.15, 0.2) is 6.04 Å². The minimum absolute atomic E-state index is 0.0914. The van der Waals surface area contributed by atoms with Crippen LogP contribution in [0.1, 0.15) is 32.8 Å². The molecular formula is C25H35N3O5. The molecule has 3 fully saturated rings. The van der Waals surface area contributed by atoms with E-state index in [1.54, 1.807) is 6.92 Å². The number of rotatable bonds is 8. The van der Waals surface area contributed by atoms with E-state index in [0.29, 0.717) is 32.8 Å². The zero-order valence-electron chi connectivity index (χ0n) is 19.9. The Kier molecular flexibility index (Phi) is 6.51. The second-order valence-corrected chi connectivity index (χ2v) is 10.5. The molecule has 1 saturated carbocycles. The Balaban J connectivity index is 1.36. The zero-order chi connectivity index (χ0) is 23.8. The Bertz CT molecular complexity index is 897. The number of hydrogen-bond donors (Lipinski definition) is 2. The lowest BCUT2D eigenvalue weighted by atomic mass is 9.70. The van der Waals surface area contributed by atoms with E-state index >= 15 is 0 Å². The average Bonchev–Trinajstić information content (AvgIpc) is 3.20. The lowest BCUT2D eigenvalue weighted by molar-refractivity contribution is -0.154. The molecule has 3 aliphatic rings. The lowest BCUT2D eigenvalue weighted by Gasteiger charge is -2.50. The standard InChI is InChI=1S/C25H35N3O5/c1-16(33-12-17-8-6-5-7-9-17)20(23(31)32-4)27-21(29)19-11-26-13-25(19)14-28(15-25)22(30)18-10-24(18,2)3/h5-9,16,18-20,26H,10-15H2,1-4H3,(H,27,29)/t16-,18-,19?,20+/m1/s1. The molecule has 8 heteroatoms. The fourth-order valence-corrected chi connectivity index (χ4v) is 5.13. The van der Waals surface area contributed by atoms with Gasteiger partial charge in [-0.15, -0.1) is 0 Å². The van der Waals surface area contributed by atoms with Crippen molar-refractivity contribution in [3.8, 4) is 0 Å². The Labute approximate surface area is 195 Å². The first-order chi connectivity index (χ1) is 15.7. The normalized spacial score (nSPS) is 26.2. The van der Waals surface area contributed by atoms with E-state index in [1.165, 1.54) is 7.11 Å². The van der Waals surface area contributed by atoms with Crippen molar-refractivity contribution in [1.29, 1.82) is 0 Å². The minimum atomic E-state index is -0.908. The van der Waals surface area contributed by atoms with Crippen molar-refractivity contribution in [2.45, 2.75) is 45.9 Å². The highest BCUT2D eigenvalue weighted by Crippen LogP contribution is 2.54. The van der Waals surface area contributed by atoms with E-state index in [1.807, 2.05) is 35.2 Å². The number of amides is 2. The zero-order valence-corrected chi connectivity index (χ0v) is 19.9. The van der Waals surface area contributed by atoms with Crippen LogP contribution in [-0.4, -0.2) is 68.1 Å². The molecule has 0 aromatic heterocycles. The lowest BCUT2D eigenvalue weighted by Crippen LogP contribution is -2.65. The highest BCUT2D eigenvalue weighted by Gasteiger charge is 2.60. The van der Waals surface area contributed by atoms with Crippen molar-refractivity contribution in [2.75, 3.05) is 33.3 Å². The summed E-state index contributed by atoms with van der Waals surface area (Å²) >= 11 is 0. The second kappa shape index (κ2) is 9.06. The van der Waals surface area contributed by atoms with Gasteiger partial charge in [0.2, 0.25) is 11.8 Å². The summed E-state index contributed by atoms with van der Waals surface area (Å²) in [5, 5.41) is 6.19. The van der Waals surface area contributed by atoms with Crippen LogP contribution in [0.5, 0.6) is 0 Å². The van der Waals surface area contributed by atoms with Crippen LogP contribution in [0.15, 0.2) is 30.3 Å². The van der Waals surface area contributed by atoms with Gasteiger partial charge in [-0.2, -0.15) is 0 Å². The van der Waals surface area contributed by atoms with Gasteiger partial charge >= 0.3 is 5.97 Å². The maximum absolute atomic E-state index is 13.3. The maximum Gasteiger partial charge on any atom is 0.331 e. The average molecular weight is 458 g/mol. The smallest absolute Gasteiger partial charge is 0.331 e. The molecule has 1 unspecified atom stereocenters. The molecule has 1 aliphatic carbocycles. The summed E-state index contributed by atoms with van der Waals surface area (Å²) in [6.07, 6.45) is 0.364. The van der Waals surface area contributed by atoms with E-state index in [2.05, 4.69) is 24.5 Å². The molecule has 2 amide bonds. The molecule has 2 saturated heterocycles. The number of benzene rings is 1. The Hall–Kier alpha value is -2.45. The molecule has 2 heterocycles. The fourth-order valence-electron chi connectivity index (χ4n) is 5.13. The van der Waals surface area contributed by atoms with E-state index in [-0.39, 0.29) is 34.5 Å². The Morgan fingerprint density at radius 3 is 2.45 bits per heavy atom. The Morgan fingerprint density at radius 2 is 1.85 bits per heavy atom. The molecule has 0 bridgehead atoms. The van der Waals surface area contributed by atoms with E-state index in [4.69, 9.17) is 9.47 Å². The van der Waals surface area contributed by atoms with Gasteiger partial charge in [-0.25, -0.2) is 4.79 Å². The van der Waals surface area contributed by atoms with Crippen LogP contribution in [0.4, 0.5) is 0 Å². The quantitative estimate of drug-likeness (QED) is 0.572. The maximum atomic E-state index is 13.3. The summed E-state index contributed by atoms with van der Waals surface area (Å²) in [5.41, 5.74) is 0.790. The molecule has 1 aromatic rings. The van der Waals surface area contributed by atoms with Crippen molar-refractivity contribution >= 4 is 17.8 Å². The minimum Gasteiger partial charge on any atom is -0.467 e. The van der Waals surface area contributed by atoms with Gasteiger partial charge in [-0.1, -0.05) is 44.2 Å². The molecule has 33 heavy (non-hydrogen) atoms. The number of esters is 1. The summed E-state index contributed by atoms with van der Waals surface area (Å²) in [6, 6.07) is 8.75. The number of methoxy groups -OCH3 is 1. The van der Waals surface area contributed by atoms with Crippen molar-refractivity contribution in [2.24, 2.45) is 22.7 Å². The third kappa shape index (κ3) is 4.77. The first-order valence-corrected chi connectivity index (χ1v) is 11.7. The number of likely N-dealkylation sites (tertiary alicyclic amines) is 1. The van der Waals surface area contributed by atoms with Crippen molar-refractivity contribution < 1.29 is 23.9 Å². The summed E-state index contributed by atoms with van der Waals surface area (Å²) in [4.78, 5) is 40.3. The van der Waals surface area contributed by atoms with Gasteiger partial charge in [0.1, 0.15) is 0 Å². The van der Waals surface area contributed by atoms with Crippen LogP contribution in [0, 0.1) is 22.7 Å². The number of hydrogen-bond acceptors (Lipinski definition) is 6. The summed E-state index contributed by atoms with van der Waals surface area (Å²) < 4.78 is 10.8. The first kappa shape index (κ1) is 23.7. The molecule has 2 N–H and O–H groups in total. The summed E-state index contributed by atoms with van der Waals surface area (Å²) in [5.74, 6) is -0.758. The van der Waals surface area contributed by atoms with Crippen LogP contribution in [-0.2, 0) is 30.5 Å². The van der Waals surface area contributed by atoms with E-state index in [9.17, 15) is 14.4 Å². The number of nitrogens with one attached hydrogen (secondary N) is 2. The molecule has 4 atom stereocenters. The van der Waals surface area contributed by atoms with Gasteiger partial charge < -0.3 is 25.0 Å². The van der Waals surface area contributed by atoms with Gasteiger partial charge in [0.25, 0.3) is 0 Å². The van der Waals surface area contributed by atoms with Crippen LogP contribution in [0.25, 0.3) is 0 Å². The van der Waals surface area contributed by atoms with Crippen LogP contribution in [0.2, 0.25) is 0 Å². The largest absolute Gasteiger partial charge is 0.467 e. The second-order valence-electron chi connectivity index (χ2n) is 10.5. The van der Waals surface area contributed by atoms with Gasteiger partial charge in [0, 0.05) is 37.5 Å². The van der Waals surface area contributed by atoms with E-state index in [0.717, 1.165) is 12.0 Å². The number of carbonyl (C=O) groups excluding carboxylic acids is 3. The van der Waals surface area contributed by atoms with Crippen molar-refractivity contribution in [3.63, 3.8) is 0 Å². The predicted octanol–water partition coefficient (Wildman–Crippen LogP) is 1.34. The molecular weight excluding hydrogens is 422 g/mol. The van der Waals surface area contributed by atoms with Crippen molar-refractivity contribution in [1.82, 2.24) is 15.5 Å². The van der Waals surface area contributed by atoms with E-state index < -0.39 is 18.1 Å². The molecule has 8 nitrogen and oxygen atoms in total. The molecule has 4 rings (SSSR count). The van der Waals surface area contributed by atoms with Crippen LogP contribution >= 0.6 is 0 Å². The molecule has 1 aromatic carbocycles. The van der Waals surface area contributed by atoms with Gasteiger partial charge in [0.05, 0.1) is 25.7 Å². The fraction of sp³-hybridized carbons (Fsp3) is 0.640. The summed E-state index contributed by atoms with van der Waals surface area (Å²) in [7, 11) is 1.30. The number of nitrogens with zero attached hydrogens (tertiary/aromatic N) is 1. The highest BCUT2D eigenvalue weighted by molar-refractivity contribution is 5.88. The third-order valence-electron chi connectivity index (χ3n) is 7.59. The third-order valence-corrected chi connectivity index (χ3v) is 7.59. The molecule has 2 aliphatic heterocycles. The Morgan fingerprint density at radius 1 is 1.18 bits per heavy atom. The van der Waals surface area contributed by atoms with Crippen LogP contribution < -0.4 is 10.6 Å². The number of carbonyl (C=O) groups is 3. The molecule has 180 valence electrons. The summed E-state index contributed by atoms with van der Waals surface area (Å²) in [6.45, 7) is 8.68. The number of ether oxygens (including phenoxy) is 2. The van der Waals surface area contributed by atoms with Crippen LogP contribution in [0.3, 0.4) is 0 Å². The van der Waals surface area contributed by atoms with Crippen molar-refractivity contribution in [3.05, 3.63) is 35.9 Å². The van der Waals surface area contributed by atoms with Gasteiger partial charge in [-0.3, -0.25) is 9.59 Å². The SMILES string of the molecule is COC(=O)[C@@H](NC(=O)C1CNCC12CN(C(=O)[C@H]1CC1(C)C)C2)[C@@H](C)OCc1ccccc1. The topological polar surface area (TPSA) is 97.0 Å². The predicted molar refractivity (Wildman–Crippen MR) is 122 cm³/mol. The molecule has 1 spiro atoms. The van der Waals surface area contributed by atoms with Gasteiger partial charge in [-0.05, 0) is 24.3 Å². The molecule has 0 radical (unpaired) electrons. The first-order valence-electron chi connectivity index (χ1n) is 11.7. The monoisotopic (exact) mass is 457 g/mol.